The zero-order valence-corrected chi connectivity index (χ0v) is 13.1. The Labute approximate surface area is 129 Å². The fourth-order valence-electron chi connectivity index (χ4n) is 1.87. The number of nitrogens with two attached hydrogens (primary N) is 1. The largest absolute Gasteiger partial charge is 0.480 e. The molecular formula is C15H23N3O4. The van der Waals surface area contributed by atoms with Crippen molar-refractivity contribution in [3.8, 4) is 0 Å². The fraction of sp³-hybridized carbons (Fsp3) is 0.533. The van der Waals surface area contributed by atoms with E-state index < -0.39 is 23.7 Å². The highest BCUT2D eigenvalue weighted by Gasteiger charge is 2.23. The van der Waals surface area contributed by atoms with Crippen molar-refractivity contribution in [2.45, 2.75) is 51.7 Å². The SMILES string of the molecule is CC(C)(C)OC(=O)N[C@@H](CCCc1cccnc1N)C(=O)O. The second-order valence-corrected chi connectivity index (χ2v) is 5.98. The van der Waals surface area contributed by atoms with Crippen LogP contribution in [-0.4, -0.2) is 33.8 Å². The Hall–Kier alpha value is -2.31. The molecule has 1 atom stereocenters. The molecule has 4 N–H and O–H groups in total. The van der Waals surface area contributed by atoms with E-state index in [1.807, 2.05) is 6.07 Å². The Morgan fingerprint density at radius 1 is 1.45 bits per heavy atom. The molecule has 1 aromatic heterocycles. The summed E-state index contributed by atoms with van der Waals surface area (Å²) in [5.74, 6) is -0.653. The number of alkyl carbamates (subject to hydrolysis) is 1. The van der Waals surface area contributed by atoms with Gasteiger partial charge in [-0.25, -0.2) is 14.6 Å². The summed E-state index contributed by atoms with van der Waals surface area (Å²) >= 11 is 0. The lowest BCUT2D eigenvalue weighted by Gasteiger charge is -2.22. The summed E-state index contributed by atoms with van der Waals surface area (Å²) in [6.45, 7) is 5.15. The zero-order valence-electron chi connectivity index (χ0n) is 13.1. The minimum Gasteiger partial charge on any atom is -0.480 e. The number of pyridine rings is 1. The Kier molecular flexibility index (Phi) is 6.15. The molecule has 1 rings (SSSR count). The lowest BCUT2D eigenvalue weighted by atomic mass is 10.1. The van der Waals surface area contributed by atoms with E-state index in [-0.39, 0.29) is 6.42 Å². The molecule has 0 radical (unpaired) electrons. The number of hydrogen-bond acceptors (Lipinski definition) is 5. The van der Waals surface area contributed by atoms with E-state index in [2.05, 4.69) is 10.3 Å². The van der Waals surface area contributed by atoms with Crippen LogP contribution in [0, 0.1) is 0 Å². The first-order chi connectivity index (χ1) is 10.2. The minimum atomic E-state index is -1.09. The topological polar surface area (TPSA) is 115 Å². The van der Waals surface area contributed by atoms with Gasteiger partial charge in [-0.1, -0.05) is 6.07 Å². The van der Waals surface area contributed by atoms with Crippen molar-refractivity contribution in [3.05, 3.63) is 23.9 Å². The second-order valence-electron chi connectivity index (χ2n) is 5.98. The van der Waals surface area contributed by atoms with Crippen LogP contribution < -0.4 is 11.1 Å². The van der Waals surface area contributed by atoms with Crippen LogP contribution in [0.3, 0.4) is 0 Å². The van der Waals surface area contributed by atoms with E-state index in [4.69, 9.17) is 15.6 Å². The third kappa shape index (κ3) is 6.43. The molecule has 0 aromatic carbocycles. The van der Waals surface area contributed by atoms with Crippen molar-refractivity contribution < 1.29 is 19.4 Å². The molecule has 1 heterocycles. The average molecular weight is 309 g/mol. The number of aryl methyl sites for hydroxylation is 1. The van der Waals surface area contributed by atoms with Gasteiger partial charge in [-0.2, -0.15) is 0 Å². The molecule has 122 valence electrons. The number of amides is 1. The summed E-state index contributed by atoms with van der Waals surface area (Å²) in [6, 6.07) is 2.63. The monoisotopic (exact) mass is 309 g/mol. The predicted molar refractivity (Wildman–Crippen MR) is 82.4 cm³/mol. The molecule has 0 spiro atoms. The van der Waals surface area contributed by atoms with Crippen LogP contribution in [0.1, 0.15) is 39.2 Å². The van der Waals surface area contributed by atoms with Gasteiger partial charge in [-0.15, -0.1) is 0 Å². The molecule has 22 heavy (non-hydrogen) atoms. The first kappa shape index (κ1) is 17.7. The summed E-state index contributed by atoms with van der Waals surface area (Å²) in [5.41, 5.74) is 5.93. The number of rotatable bonds is 6. The number of hydrogen-bond donors (Lipinski definition) is 3. The fourth-order valence-corrected chi connectivity index (χ4v) is 1.87. The molecule has 7 heteroatoms. The lowest BCUT2D eigenvalue weighted by molar-refractivity contribution is -0.139. The number of carboxylic acids is 1. The average Bonchev–Trinajstić information content (AvgIpc) is 2.37. The van der Waals surface area contributed by atoms with E-state index in [9.17, 15) is 9.59 Å². The molecule has 0 aliphatic heterocycles. The molecule has 0 unspecified atom stereocenters. The van der Waals surface area contributed by atoms with Gasteiger partial charge in [0.05, 0.1) is 0 Å². The van der Waals surface area contributed by atoms with Gasteiger partial charge in [0.25, 0.3) is 0 Å². The van der Waals surface area contributed by atoms with Crippen LogP contribution in [0.15, 0.2) is 18.3 Å². The summed E-state index contributed by atoms with van der Waals surface area (Å²) < 4.78 is 5.06. The van der Waals surface area contributed by atoms with E-state index in [1.54, 1.807) is 33.0 Å². The number of aromatic nitrogens is 1. The highest BCUT2D eigenvalue weighted by atomic mass is 16.6. The van der Waals surface area contributed by atoms with Crippen LogP contribution in [0.2, 0.25) is 0 Å². The summed E-state index contributed by atoms with van der Waals surface area (Å²) in [6.07, 6.45) is 2.30. The quantitative estimate of drug-likeness (QED) is 0.740. The zero-order chi connectivity index (χ0) is 16.8. The molecule has 1 aromatic rings. The van der Waals surface area contributed by atoms with E-state index in [0.717, 1.165) is 5.56 Å². The maximum Gasteiger partial charge on any atom is 0.408 e. The van der Waals surface area contributed by atoms with Gasteiger partial charge in [0.1, 0.15) is 17.5 Å². The Bertz CT molecular complexity index is 526. The first-order valence-corrected chi connectivity index (χ1v) is 7.11. The molecular weight excluding hydrogens is 286 g/mol. The number of carboxylic acid groups (broad SMARTS) is 1. The van der Waals surface area contributed by atoms with Crippen molar-refractivity contribution in [1.29, 1.82) is 0 Å². The summed E-state index contributed by atoms with van der Waals surface area (Å²) in [7, 11) is 0. The number of anilines is 1. The number of ether oxygens (including phenoxy) is 1. The van der Waals surface area contributed by atoms with Crippen molar-refractivity contribution in [1.82, 2.24) is 10.3 Å². The first-order valence-electron chi connectivity index (χ1n) is 7.11. The molecule has 0 bridgehead atoms. The van der Waals surface area contributed by atoms with Gasteiger partial charge >= 0.3 is 12.1 Å². The molecule has 7 nitrogen and oxygen atoms in total. The Morgan fingerprint density at radius 2 is 2.14 bits per heavy atom. The Morgan fingerprint density at radius 3 is 2.68 bits per heavy atom. The van der Waals surface area contributed by atoms with Gasteiger partial charge in [0.15, 0.2) is 0 Å². The van der Waals surface area contributed by atoms with E-state index >= 15 is 0 Å². The smallest absolute Gasteiger partial charge is 0.408 e. The minimum absolute atomic E-state index is 0.281. The van der Waals surface area contributed by atoms with E-state index in [0.29, 0.717) is 18.7 Å². The van der Waals surface area contributed by atoms with Gasteiger partial charge < -0.3 is 20.9 Å². The van der Waals surface area contributed by atoms with Crippen LogP contribution in [0.5, 0.6) is 0 Å². The highest BCUT2D eigenvalue weighted by Crippen LogP contribution is 2.12. The van der Waals surface area contributed by atoms with Crippen LogP contribution in [0.25, 0.3) is 0 Å². The predicted octanol–water partition coefficient (Wildman–Crippen LogP) is 1.96. The highest BCUT2D eigenvalue weighted by molar-refractivity contribution is 5.79. The van der Waals surface area contributed by atoms with Gasteiger partial charge in [-0.3, -0.25) is 0 Å². The van der Waals surface area contributed by atoms with Crippen molar-refractivity contribution >= 4 is 17.9 Å². The number of carbonyl (C=O) groups excluding carboxylic acids is 1. The number of nitrogens with one attached hydrogen (secondary N) is 1. The standard InChI is InChI=1S/C15H23N3O4/c1-15(2,3)22-14(21)18-11(13(19)20)8-4-6-10-7-5-9-17-12(10)16/h5,7,9,11H,4,6,8H2,1-3H3,(H2,16,17)(H,18,21)(H,19,20)/t11-/m0/s1. The molecule has 0 fully saturated rings. The molecule has 0 aliphatic rings. The van der Waals surface area contributed by atoms with Crippen LogP contribution >= 0.6 is 0 Å². The molecule has 0 saturated heterocycles. The summed E-state index contributed by atoms with van der Waals surface area (Å²) in [4.78, 5) is 26.8. The van der Waals surface area contributed by atoms with Crippen molar-refractivity contribution in [2.75, 3.05) is 5.73 Å². The van der Waals surface area contributed by atoms with Crippen molar-refractivity contribution in [2.24, 2.45) is 0 Å². The number of nitrogens with zero attached hydrogens (tertiary/aromatic N) is 1. The normalized spacial score (nSPS) is 12.5. The van der Waals surface area contributed by atoms with Crippen molar-refractivity contribution in [3.63, 3.8) is 0 Å². The maximum absolute atomic E-state index is 11.6. The third-order valence-corrected chi connectivity index (χ3v) is 2.85. The summed E-state index contributed by atoms with van der Waals surface area (Å²) in [5, 5.41) is 11.5. The molecule has 0 aliphatic carbocycles. The maximum atomic E-state index is 11.6. The van der Waals surface area contributed by atoms with Crippen LogP contribution in [0.4, 0.5) is 10.6 Å². The molecule has 0 saturated carbocycles. The van der Waals surface area contributed by atoms with Crippen LogP contribution in [-0.2, 0) is 16.0 Å². The van der Waals surface area contributed by atoms with Gasteiger partial charge in [-0.05, 0) is 51.7 Å². The van der Waals surface area contributed by atoms with Gasteiger partial charge in [0.2, 0.25) is 0 Å². The van der Waals surface area contributed by atoms with E-state index in [1.165, 1.54) is 0 Å². The third-order valence-electron chi connectivity index (χ3n) is 2.85. The molecule has 1 amide bonds. The number of aliphatic carboxylic acids is 1. The van der Waals surface area contributed by atoms with Gasteiger partial charge in [0, 0.05) is 6.20 Å². The lowest BCUT2D eigenvalue weighted by Crippen LogP contribution is -2.43. The second kappa shape index (κ2) is 7.63. The number of carbonyl (C=O) groups is 2. The Balaban J connectivity index is 2.50. The number of nitrogen functional groups attached to an aromatic ring is 1.